The molecule has 1 unspecified atom stereocenters. The summed E-state index contributed by atoms with van der Waals surface area (Å²) in [5.74, 6) is 1.07. The predicted molar refractivity (Wildman–Crippen MR) is 63.1 cm³/mol. The number of nitrogens with one attached hydrogen (secondary N) is 1. The third kappa shape index (κ3) is 2.21. The third-order valence-electron chi connectivity index (χ3n) is 2.83. The Labute approximate surface area is 90.3 Å². The highest BCUT2D eigenvalue weighted by atomic mass is 16.3. The fourth-order valence-corrected chi connectivity index (χ4v) is 1.83. The Morgan fingerprint density at radius 2 is 2.13 bits per heavy atom. The molecule has 0 bridgehead atoms. The van der Waals surface area contributed by atoms with Crippen LogP contribution in [0.25, 0.3) is 11.0 Å². The van der Waals surface area contributed by atoms with E-state index in [1.165, 1.54) is 5.39 Å². The molecule has 2 rings (SSSR count). The molecule has 15 heavy (non-hydrogen) atoms. The molecule has 2 heteroatoms. The molecule has 0 radical (unpaired) electrons. The maximum Gasteiger partial charge on any atom is 0.134 e. The first-order valence-electron chi connectivity index (χ1n) is 5.48. The molecule has 0 saturated heterocycles. The van der Waals surface area contributed by atoms with Gasteiger partial charge in [0.05, 0.1) is 0 Å². The summed E-state index contributed by atoms with van der Waals surface area (Å²) in [5, 5.41) is 4.48. The standard InChI is InChI=1S/C13H17NO/c1-3-11(14-2)9-12-8-10-6-4-5-7-13(10)15-12/h4-8,11,14H,3,9H2,1-2H3. The molecule has 2 aromatic rings. The molecule has 0 fully saturated rings. The molecule has 1 heterocycles. The van der Waals surface area contributed by atoms with Gasteiger partial charge in [-0.1, -0.05) is 25.1 Å². The van der Waals surface area contributed by atoms with Gasteiger partial charge in [0.25, 0.3) is 0 Å². The van der Waals surface area contributed by atoms with Gasteiger partial charge >= 0.3 is 0 Å². The van der Waals surface area contributed by atoms with E-state index in [9.17, 15) is 0 Å². The highest BCUT2D eigenvalue weighted by Gasteiger charge is 2.08. The Bertz CT molecular complexity index is 396. The van der Waals surface area contributed by atoms with Gasteiger partial charge < -0.3 is 9.73 Å². The quantitative estimate of drug-likeness (QED) is 0.826. The maximum atomic E-state index is 5.76. The van der Waals surface area contributed by atoms with Crippen molar-refractivity contribution in [1.29, 1.82) is 0 Å². The Morgan fingerprint density at radius 3 is 2.80 bits per heavy atom. The van der Waals surface area contributed by atoms with Crippen molar-refractivity contribution >= 4 is 11.0 Å². The lowest BCUT2D eigenvalue weighted by molar-refractivity contribution is 0.470. The number of hydrogen-bond acceptors (Lipinski definition) is 2. The summed E-state index contributed by atoms with van der Waals surface area (Å²) in [4.78, 5) is 0. The average molecular weight is 203 g/mol. The first-order valence-corrected chi connectivity index (χ1v) is 5.48. The third-order valence-corrected chi connectivity index (χ3v) is 2.83. The van der Waals surface area contributed by atoms with Crippen molar-refractivity contribution in [2.45, 2.75) is 25.8 Å². The maximum absolute atomic E-state index is 5.76. The van der Waals surface area contributed by atoms with E-state index < -0.39 is 0 Å². The van der Waals surface area contributed by atoms with Crippen molar-refractivity contribution in [3.8, 4) is 0 Å². The van der Waals surface area contributed by atoms with Gasteiger partial charge in [-0.2, -0.15) is 0 Å². The fourth-order valence-electron chi connectivity index (χ4n) is 1.83. The van der Waals surface area contributed by atoms with Crippen LogP contribution in [0, 0.1) is 0 Å². The van der Waals surface area contributed by atoms with Crippen LogP contribution in [0.1, 0.15) is 19.1 Å². The molecular formula is C13H17NO. The molecular weight excluding hydrogens is 186 g/mol. The molecule has 0 amide bonds. The van der Waals surface area contributed by atoms with E-state index in [2.05, 4.69) is 24.4 Å². The minimum absolute atomic E-state index is 0.505. The van der Waals surface area contributed by atoms with Crippen LogP contribution < -0.4 is 5.32 Å². The normalized spacial score (nSPS) is 13.2. The average Bonchev–Trinajstić information content (AvgIpc) is 2.68. The lowest BCUT2D eigenvalue weighted by atomic mass is 10.1. The number of para-hydroxylation sites is 1. The Balaban J connectivity index is 2.21. The van der Waals surface area contributed by atoms with Gasteiger partial charge in [0.2, 0.25) is 0 Å². The lowest BCUT2D eigenvalue weighted by Crippen LogP contribution is -2.26. The van der Waals surface area contributed by atoms with Crippen molar-refractivity contribution < 1.29 is 4.42 Å². The van der Waals surface area contributed by atoms with Gasteiger partial charge in [0.15, 0.2) is 0 Å². The van der Waals surface area contributed by atoms with Crippen molar-refractivity contribution in [3.05, 3.63) is 36.1 Å². The molecule has 0 spiro atoms. The first kappa shape index (κ1) is 10.2. The highest BCUT2D eigenvalue weighted by molar-refractivity contribution is 5.77. The van der Waals surface area contributed by atoms with E-state index in [1.807, 2.05) is 25.2 Å². The van der Waals surface area contributed by atoms with Gasteiger partial charge in [0, 0.05) is 17.8 Å². The van der Waals surface area contributed by atoms with E-state index in [0.29, 0.717) is 6.04 Å². The predicted octanol–water partition coefficient (Wildman–Crippen LogP) is 2.97. The summed E-state index contributed by atoms with van der Waals surface area (Å²) in [7, 11) is 2.00. The number of benzene rings is 1. The molecule has 1 N–H and O–H groups in total. The van der Waals surface area contributed by atoms with E-state index >= 15 is 0 Å². The summed E-state index contributed by atoms with van der Waals surface area (Å²) in [6, 6.07) is 10.8. The second-order valence-electron chi connectivity index (χ2n) is 3.85. The molecule has 0 aliphatic carbocycles. The van der Waals surface area contributed by atoms with Crippen LogP contribution in [0.2, 0.25) is 0 Å². The fraction of sp³-hybridized carbons (Fsp3) is 0.385. The van der Waals surface area contributed by atoms with Crippen LogP contribution in [0.4, 0.5) is 0 Å². The van der Waals surface area contributed by atoms with Crippen molar-refractivity contribution in [3.63, 3.8) is 0 Å². The van der Waals surface area contributed by atoms with Gasteiger partial charge in [-0.15, -0.1) is 0 Å². The van der Waals surface area contributed by atoms with Crippen LogP contribution in [0.15, 0.2) is 34.7 Å². The number of furan rings is 1. The molecule has 0 aliphatic heterocycles. The monoisotopic (exact) mass is 203 g/mol. The van der Waals surface area contributed by atoms with Crippen molar-refractivity contribution in [2.75, 3.05) is 7.05 Å². The van der Waals surface area contributed by atoms with Crippen LogP contribution in [0.3, 0.4) is 0 Å². The molecule has 0 saturated carbocycles. The number of hydrogen-bond donors (Lipinski definition) is 1. The zero-order valence-electron chi connectivity index (χ0n) is 9.29. The zero-order chi connectivity index (χ0) is 10.7. The number of fused-ring (bicyclic) bond motifs is 1. The zero-order valence-corrected chi connectivity index (χ0v) is 9.29. The number of rotatable bonds is 4. The van der Waals surface area contributed by atoms with Gasteiger partial charge in [-0.05, 0) is 25.6 Å². The van der Waals surface area contributed by atoms with Crippen molar-refractivity contribution in [1.82, 2.24) is 5.32 Å². The highest BCUT2D eigenvalue weighted by Crippen LogP contribution is 2.20. The lowest BCUT2D eigenvalue weighted by Gasteiger charge is -2.10. The van der Waals surface area contributed by atoms with Crippen LogP contribution in [-0.4, -0.2) is 13.1 Å². The molecule has 80 valence electrons. The van der Waals surface area contributed by atoms with E-state index in [-0.39, 0.29) is 0 Å². The Hall–Kier alpha value is -1.28. The SMILES string of the molecule is CCC(Cc1cc2ccccc2o1)NC. The first-order chi connectivity index (χ1) is 7.33. The molecule has 1 aromatic carbocycles. The summed E-state index contributed by atoms with van der Waals surface area (Å²) < 4.78 is 5.76. The van der Waals surface area contributed by atoms with Crippen molar-refractivity contribution in [2.24, 2.45) is 0 Å². The van der Waals surface area contributed by atoms with Gasteiger partial charge in [-0.25, -0.2) is 0 Å². The van der Waals surface area contributed by atoms with E-state index in [0.717, 1.165) is 24.2 Å². The van der Waals surface area contributed by atoms with Crippen LogP contribution >= 0.6 is 0 Å². The van der Waals surface area contributed by atoms with Crippen LogP contribution in [0.5, 0.6) is 0 Å². The molecule has 1 aromatic heterocycles. The molecule has 1 atom stereocenters. The second kappa shape index (κ2) is 4.49. The van der Waals surface area contributed by atoms with Crippen LogP contribution in [-0.2, 0) is 6.42 Å². The topological polar surface area (TPSA) is 25.2 Å². The van der Waals surface area contributed by atoms with Gasteiger partial charge in [0.1, 0.15) is 11.3 Å². The van der Waals surface area contributed by atoms with E-state index in [1.54, 1.807) is 0 Å². The minimum atomic E-state index is 0.505. The summed E-state index contributed by atoms with van der Waals surface area (Å²) in [5.41, 5.74) is 0.985. The summed E-state index contributed by atoms with van der Waals surface area (Å²) >= 11 is 0. The smallest absolute Gasteiger partial charge is 0.134 e. The Kier molecular flexibility index (Phi) is 3.07. The molecule has 0 aliphatic rings. The summed E-state index contributed by atoms with van der Waals surface area (Å²) in [6.45, 7) is 2.18. The molecule has 2 nitrogen and oxygen atoms in total. The number of likely N-dealkylation sites (N-methyl/N-ethyl adjacent to an activating group) is 1. The van der Waals surface area contributed by atoms with Gasteiger partial charge in [-0.3, -0.25) is 0 Å². The van der Waals surface area contributed by atoms with E-state index in [4.69, 9.17) is 4.42 Å². The Morgan fingerprint density at radius 1 is 1.33 bits per heavy atom. The minimum Gasteiger partial charge on any atom is -0.461 e. The summed E-state index contributed by atoms with van der Waals surface area (Å²) in [6.07, 6.45) is 2.08. The largest absolute Gasteiger partial charge is 0.461 e. The second-order valence-corrected chi connectivity index (χ2v) is 3.85.